The molecule has 0 atom stereocenters. The number of piperazine rings is 1. The third-order valence-electron chi connectivity index (χ3n) is 3.73. The third-order valence-corrected chi connectivity index (χ3v) is 4.33. The van der Waals surface area contributed by atoms with Crippen LogP contribution in [0.5, 0.6) is 0 Å². The van der Waals surface area contributed by atoms with E-state index in [1.165, 1.54) is 7.11 Å². The number of hydrogen-bond acceptors (Lipinski definition) is 4. The molecule has 0 unspecified atom stereocenters. The second-order valence-corrected chi connectivity index (χ2v) is 6.02. The lowest BCUT2D eigenvalue weighted by Crippen LogP contribution is -2.46. The first-order valence-corrected chi connectivity index (χ1v) is 7.79. The Morgan fingerprint density at radius 3 is 2.52 bits per heavy atom. The summed E-state index contributed by atoms with van der Waals surface area (Å²) in [5.74, 6) is -0.150. The van der Waals surface area contributed by atoms with Gasteiger partial charge in [0, 0.05) is 49.3 Å². The molecule has 0 N–H and O–H groups in total. The molecule has 0 amide bonds. The van der Waals surface area contributed by atoms with Gasteiger partial charge in [-0.05, 0) is 23.8 Å². The molecule has 0 aliphatic carbocycles. The van der Waals surface area contributed by atoms with Crippen molar-refractivity contribution in [1.29, 1.82) is 0 Å². The van der Waals surface area contributed by atoms with Crippen LogP contribution in [-0.4, -0.2) is 55.6 Å². The predicted molar refractivity (Wildman–Crippen MR) is 84.8 cm³/mol. The zero-order valence-electron chi connectivity index (χ0n) is 12.1. The number of rotatable bonds is 5. The van der Waals surface area contributed by atoms with E-state index in [-0.39, 0.29) is 5.97 Å². The molecule has 2 rings (SSSR count). The van der Waals surface area contributed by atoms with Crippen molar-refractivity contribution in [3.8, 4) is 0 Å². The van der Waals surface area contributed by atoms with Gasteiger partial charge in [-0.3, -0.25) is 9.69 Å². The van der Waals surface area contributed by atoms with Gasteiger partial charge in [-0.25, -0.2) is 0 Å². The fourth-order valence-electron chi connectivity index (χ4n) is 2.43. The first kappa shape index (κ1) is 16.6. The fourth-order valence-corrected chi connectivity index (χ4v) is 2.80. The molecule has 1 saturated heterocycles. The molecule has 0 saturated carbocycles. The second-order valence-electron chi connectivity index (χ2n) is 5.18. The molecule has 21 heavy (non-hydrogen) atoms. The zero-order valence-corrected chi connectivity index (χ0v) is 13.7. The summed E-state index contributed by atoms with van der Waals surface area (Å²) < 4.78 is 4.66. The molecule has 1 aliphatic rings. The Hall–Kier alpha value is -0.810. The summed E-state index contributed by atoms with van der Waals surface area (Å²) in [6, 6.07) is 5.57. The van der Waals surface area contributed by atoms with Gasteiger partial charge in [0.15, 0.2) is 0 Å². The highest BCUT2D eigenvalue weighted by molar-refractivity contribution is 6.33. The number of hydrogen-bond donors (Lipinski definition) is 0. The van der Waals surface area contributed by atoms with E-state index in [1.54, 1.807) is 6.07 Å². The summed E-state index contributed by atoms with van der Waals surface area (Å²) in [4.78, 5) is 15.8. The maximum atomic E-state index is 11.1. The summed E-state index contributed by atoms with van der Waals surface area (Å²) in [5, 5.41) is 1.47. The number of carbonyl (C=O) groups is 1. The molecule has 0 aromatic heterocycles. The van der Waals surface area contributed by atoms with Gasteiger partial charge in [0.2, 0.25) is 0 Å². The van der Waals surface area contributed by atoms with Crippen molar-refractivity contribution in [1.82, 2.24) is 9.80 Å². The van der Waals surface area contributed by atoms with E-state index in [0.717, 1.165) is 49.9 Å². The number of esters is 1. The minimum absolute atomic E-state index is 0.150. The average Bonchev–Trinajstić information content (AvgIpc) is 2.50. The molecular formula is C15H20Cl2N2O2. The standard InChI is InChI=1S/C15H20Cl2N2O2/c1-21-15(20)4-5-18-6-8-19(9-7-18)11-12-10-13(16)2-3-14(12)17/h2-3,10H,4-9,11H2,1H3. The summed E-state index contributed by atoms with van der Waals surface area (Å²) in [5.41, 5.74) is 1.06. The smallest absolute Gasteiger partial charge is 0.306 e. The van der Waals surface area contributed by atoms with Crippen LogP contribution < -0.4 is 0 Å². The minimum Gasteiger partial charge on any atom is -0.469 e. The SMILES string of the molecule is COC(=O)CCN1CCN(Cc2cc(Cl)ccc2Cl)CC1. The molecule has 1 fully saturated rings. The lowest BCUT2D eigenvalue weighted by Gasteiger charge is -2.34. The Balaban J connectivity index is 1.79. The third kappa shape index (κ3) is 5.15. The van der Waals surface area contributed by atoms with Crippen LogP contribution in [0.3, 0.4) is 0 Å². The van der Waals surface area contributed by atoms with E-state index >= 15 is 0 Å². The Bertz CT molecular complexity index is 489. The van der Waals surface area contributed by atoms with Gasteiger partial charge >= 0.3 is 5.97 Å². The Kier molecular flexibility index (Phi) is 6.30. The van der Waals surface area contributed by atoms with Gasteiger partial charge in [0.05, 0.1) is 13.5 Å². The summed E-state index contributed by atoms with van der Waals surface area (Å²) >= 11 is 12.2. The van der Waals surface area contributed by atoms with Crippen LogP contribution in [0.1, 0.15) is 12.0 Å². The Morgan fingerprint density at radius 2 is 1.86 bits per heavy atom. The van der Waals surface area contributed by atoms with E-state index in [0.29, 0.717) is 11.4 Å². The maximum Gasteiger partial charge on any atom is 0.306 e. The van der Waals surface area contributed by atoms with Crippen molar-refractivity contribution in [2.75, 3.05) is 39.8 Å². The number of nitrogens with zero attached hydrogens (tertiary/aromatic N) is 2. The van der Waals surface area contributed by atoms with E-state index < -0.39 is 0 Å². The molecule has 1 aliphatic heterocycles. The fraction of sp³-hybridized carbons (Fsp3) is 0.533. The van der Waals surface area contributed by atoms with Crippen molar-refractivity contribution in [3.05, 3.63) is 33.8 Å². The van der Waals surface area contributed by atoms with E-state index in [2.05, 4.69) is 14.5 Å². The normalized spacial score (nSPS) is 16.9. The van der Waals surface area contributed by atoms with Crippen molar-refractivity contribution >= 4 is 29.2 Å². The lowest BCUT2D eigenvalue weighted by molar-refractivity contribution is -0.141. The van der Waals surface area contributed by atoms with Crippen molar-refractivity contribution in [2.45, 2.75) is 13.0 Å². The molecule has 1 aromatic carbocycles. The van der Waals surface area contributed by atoms with E-state index in [9.17, 15) is 4.79 Å². The summed E-state index contributed by atoms with van der Waals surface area (Å²) in [6.45, 7) is 5.40. The van der Waals surface area contributed by atoms with Gasteiger partial charge in [-0.15, -0.1) is 0 Å². The van der Waals surface area contributed by atoms with Gasteiger partial charge in [0.25, 0.3) is 0 Å². The minimum atomic E-state index is -0.150. The van der Waals surface area contributed by atoms with Crippen LogP contribution in [-0.2, 0) is 16.1 Å². The van der Waals surface area contributed by atoms with Crippen LogP contribution in [0.2, 0.25) is 10.0 Å². The molecular weight excluding hydrogens is 311 g/mol. The molecule has 0 radical (unpaired) electrons. The number of carbonyl (C=O) groups excluding carboxylic acids is 1. The molecule has 6 heteroatoms. The van der Waals surface area contributed by atoms with E-state index in [1.807, 2.05) is 12.1 Å². The van der Waals surface area contributed by atoms with Crippen LogP contribution in [0, 0.1) is 0 Å². The van der Waals surface area contributed by atoms with Gasteiger partial charge in [0.1, 0.15) is 0 Å². The Labute approximate surface area is 135 Å². The van der Waals surface area contributed by atoms with Crippen molar-refractivity contribution in [2.24, 2.45) is 0 Å². The largest absolute Gasteiger partial charge is 0.469 e. The first-order chi connectivity index (χ1) is 10.1. The van der Waals surface area contributed by atoms with Gasteiger partial charge in [-0.1, -0.05) is 23.2 Å². The molecule has 116 valence electrons. The quantitative estimate of drug-likeness (QED) is 0.777. The van der Waals surface area contributed by atoms with Crippen LogP contribution in [0.25, 0.3) is 0 Å². The number of benzene rings is 1. The van der Waals surface area contributed by atoms with E-state index in [4.69, 9.17) is 23.2 Å². The van der Waals surface area contributed by atoms with Crippen molar-refractivity contribution < 1.29 is 9.53 Å². The molecule has 1 aromatic rings. The molecule has 4 nitrogen and oxygen atoms in total. The molecule has 1 heterocycles. The number of ether oxygens (including phenoxy) is 1. The summed E-state index contributed by atoms with van der Waals surface area (Å²) in [6.07, 6.45) is 0.455. The molecule has 0 bridgehead atoms. The topological polar surface area (TPSA) is 32.8 Å². The predicted octanol–water partition coefficient (Wildman–Crippen LogP) is 2.67. The highest BCUT2D eigenvalue weighted by atomic mass is 35.5. The Morgan fingerprint density at radius 1 is 1.19 bits per heavy atom. The summed E-state index contributed by atoms with van der Waals surface area (Å²) in [7, 11) is 1.43. The zero-order chi connectivity index (χ0) is 15.2. The van der Waals surface area contributed by atoms with Crippen molar-refractivity contribution in [3.63, 3.8) is 0 Å². The van der Waals surface area contributed by atoms with Gasteiger partial charge < -0.3 is 9.64 Å². The lowest BCUT2D eigenvalue weighted by atomic mass is 10.2. The average molecular weight is 331 g/mol. The number of methoxy groups -OCH3 is 1. The molecule has 0 spiro atoms. The highest BCUT2D eigenvalue weighted by Crippen LogP contribution is 2.22. The second kappa shape index (κ2) is 7.99. The van der Waals surface area contributed by atoms with Crippen LogP contribution in [0.4, 0.5) is 0 Å². The first-order valence-electron chi connectivity index (χ1n) is 7.04. The van der Waals surface area contributed by atoms with Crippen LogP contribution >= 0.6 is 23.2 Å². The van der Waals surface area contributed by atoms with Gasteiger partial charge in [-0.2, -0.15) is 0 Å². The monoisotopic (exact) mass is 330 g/mol. The maximum absolute atomic E-state index is 11.1. The van der Waals surface area contributed by atoms with Crippen LogP contribution in [0.15, 0.2) is 18.2 Å². The highest BCUT2D eigenvalue weighted by Gasteiger charge is 2.18. The number of halogens is 2.